The van der Waals surface area contributed by atoms with Crippen molar-refractivity contribution in [1.29, 1.82) is 0 Å². The maximum atomic E-state index is 12.6. The number of amides is 1. The molecule has 23 heavy (non-hydrogen) atoms. The minimum Gasteiger partial charge on any atom is -0.296 e. The summed E-state index contributed by atoms with van der Waals surface area (Å²) in [6.45, 7) is 4.06. The van der Waals surface area contributed by atoms with Crippen LogP contribution in [-0.2, 0) is 0 Å². The fraction of sp³-hybridized carbons (Fsp3) is 0.133. The molecular formula is C15H11ClN4OS2. The largest absolute Gasteiger partial charge is 0.296 e. The predicted molar refractivity (Wildman–Crippen MR) is 95.1 cm³/mol. The van der Waals surface area contributed by atoms with E-state index in [0.29, 0.717) is 15.8 Å². The van der Waals surface area contributed by atoms with Gasteiger partial charge in [-0.3, -0.25) is 14.5 Å². The van der Waals surface area contributed by atoms with E-state index in [4.69, 9.17) is 11.6 Å². The smallest absolute Gasteiger partial charge is 0.277 e. The van der Waals surface area contributed by atoms with Crippen molar-refractivity contribution in [3.05, 3.63) is 45.7 Å². The molecule has 1 N–H and O–H groups in total. The van der Waals surface area contributed by atoms with Crippen molar-refractivity contribution < 1.29 is 4.79 Å². The van der Waals surface area contributed by atoms with Gasteiger partial charge in [-0.05, 0) is 31.0 Å². The second kappa shape index (κ2) is 5.30. The molecule has 4 aromatic rings. The summed E-state index contributed by atoms with van der Waals surface area (Å²) in [6.07, 6.45) is 1.78. The lowest BCUT2D eigenvalue weighted by Gasteiger charge is -2.00. The van der Waals surface area contributed by atoms with Crippen molar-refractivity contribution in [2.75, 3.05) is 5.32 Å². The van der Waals surface area contributed by atoms with Crippen LogP contribution < -0.4 is 5.32 Å². The Hall–Kier alpha value is -1.96. The van der Waals surface area contributed by atoms with Gasteiger partial charge < -0.3 is 0 Å². The molecule has 3 aromatic heterocycles. The van der Waals surface area contributed by atoms with Gasteiger partial charge in [0.1, 0.15) is 0 Å². The van der Waals surface area contributed by atoms with Crippen molar-refractivity contribution in [2.24, 2.45) is 0 Å². The third-order valence-electron chi connectivity index (χ3n) is 3.48. The Morgan fingerprint density at radius 2 is 2.13 bits per heavy atom. The summed E-state index contributed by atoms with van der Waals surface area (Å²) in [5, 5.41) is 5.44. The van der Waals surface area contributed by atoms with Gasteiger partial charge in [0, 0.05) is 11.6 Å². The van der Waals surface area contributed by atoms with Crippen molar-refractivity contribution in [1.82, 2.24) is 14.4 Å². The molecule has 5 nitrogen and oxygen atoms in total. The molecule has 0 aliphatic heterocycles. The van der Waals surface area contributed by atoms with E-state index >= 15 is 0 Å². The minimum atomic E-state index is -0.311. The minimum absolute atomic E-state index is 0.197. The maximum absolute atomic E-state index is 12.6. The number of aryl methyl sites for hydroxylation is 2. The van der Waals surface area contributed by atoms with Gasteiger partial charge in [-0.25, -0.2) is 9.97 Å². The van der Waals surface area contributed by atoms with Crippen LogP contribution in [0.2, 0.25) is 5.15 Å². The van der Waals surface area contributed by atoms with Crippen molar-refractivity contribution in [3.8, 4) is 0 Å². The van der Waals surface area contributed by atoms with Crippen LogP contribution >= 0.6 is 34.3 Å². The first-order valence-corrected chi connectivity index (χ1v) is 8.90. The average Bonchev–Trinajstić information content (AvgIpc) is 3.12. The Labute approximate surface area is 144 Å². The lowest BCUT2D eigenvalue weighted by Crippen LogP contribution is -2.14. The number of thiazole rings is 2. The normalized spacial score (nSPS) is 11.4. The van der Waals surface area contributed by atoms with Crippen LogP contribution in [0.25, 0.3) is 15.2 Å². The summed E-state index contributed by atoms with van der Waals surface area (Å²) in [5.41, 5.74) is 3.51. The summed E-state index contributed by atoms with van der Waals surface area (Å²) in [7, 11) is 0. The summed E-state index contributed by atoms with van der Waals surface area (Å²) >= 11 is 8.97. The highest BCUT2D eigenvalue weighted by atomic mass is 35.5. The van der Waals surface area contributed by atoms with Crippen LogP contribution in [0.3, 0.4) is 0 Å². The Morgan fingerprint density at radius 3 is 2.96 bits per heavy atom. The molecule has 4 rings (SSSR count). The highest BCUT2D eigenvalue weighted by Crippen LogP contribution is 2.30. The number of carbonyl (C=O) groups excluding carboxylic acids is 1. The molecule has 0 spiro atoms. The molecule has 0 saturated carbocycles. The summed E-state index contributed by atoms with van der Waals surface area (Å²) in [6, 6.07) is 4.15. The zero-order valence-corrected chi connectivity index (χ0v) is 14.6. The van der Waals surface area contributed by atoms with Crippen molar-refractivity contribution >= 4 is 60.5 Å². The molecule has 0 atom stereocenters. The van der Waals surface area contributed by atoms with Gasteiger partial charge in [0.25, 0.3) is 5.91 Å². The molecule has 116 valence electrons. The van der Waals surface area contributed by atoms with Crippen molar-refractivity contribution in [2.45, 2.75) is 13.8 Å². The number of anilines is 1. The molecule has 0 saturated heterocycles. The van der Waals surface area contributed by atoms with E-state index < -0.39 is 0 Å². The standard InChI is InChI=1S/C15H11ClN4OS2/c1-7-5-8(2)10-9(6-7)23-14(17-10)19-13(21)11-12(16)18-15-20(11)3-4-22-15/h3-6H,1-2H3,(H,17,19,21). The highest BCUT2D eigenvalue weighted by Gasteiger charge is 2.20. The number of carbonyl (C=O) groups is 1. The number of rotatable bonds is 2. The van der Waals surface area contributed by atoms with Crippen LogP contribution in [-0.4, -0.2) is 20.3 Å². The van der Waals surface area contributed by atoms with E-state index in [1.807, 2.05) is 19.2 Å². The summed E-state index contributed by atoms with van der Waals surface area (Å²) in [5.74, 6) is -0.311. The lowest BCUT2D eigenvalue weighted by molar-refractivity contribution is 0.102. The van der Waals surface area contributed by atoms with E-state index in [1.165, 1.54) is 28.2 Å². The predicted octanol–water partition coefficient (Wildman–Crippen LogP) is 4.53. The Balaban J connectivity index is 1.73. The zero-order valence-electron chi connectivity index (χ0n) is 12.3. The number of fused-ring (bicyclic) bond motifs is 2. The molecule has 0 radical (unpaired) electrons. The molecule has 1 amide bonds. The first kappa shape index (κ1) is 14.6. The van der Waals surface area contributed by atoms with E-state index in [2.05, 4.69) is 27.4 Å². The molecular weight excluding hydrogens is 352 g/mol. The van der Waals surface area contributed by atoms with E-state index in [9.17, 15) is 4.79 Å². The molecule has 1 aromatic carbocycles. The molecule has 0 aliphatic carbocycles. The Bertz CT molecular complexity index is 1060. The number of aromatic nitrogens is 3. The fourth-order valence-corrected chi connectivity index (χ4v) is 4.60. The highest BCUT2D eigenvalue weighted by molar-refractivity contribution is 7.22. The molecule has 3 heterocycles. The van der Waals surface area contributed by atoms with Gasteiger partial charge in [0.05, 0.1) is 10.2 Å². The van der Waals surface area contributed by atoms with Crippen LogP contribution in [0, 0.1) is 13.8 Å². The molecule has 0 bridgehead atoms. The first-order chi connectivity index (χ1) is 11.0. The number of imidazole rings is 1. The first-order valence-electron chi connectivity index (χ1n) is 6.83. The van der Waals surface area contributed by atoms with Crippen LogP contribution in [0.4, 0.5) is 5.13 Å². The van der Waals surface area contributed by atoms with Gasteiger partial charge in [-0.1, -0.05) is 29.0 Å². The fourth-order valence-electron chi connectivity index (χ4n) is 2.54. The van der Waals surface area contributed by atoms with Gasteiger partial charge in [-0.15, -0.1) is 11.3 Å². The SMILES string of the molecule is Cc1cc(C)c2nc(NC(=O)c3c(Cl)nc4sccn34)sc2c1. The number of hydrogen-bond acceptors (Lipinski definition) is 5. The Kier molecular flexibility index (Phi) is 3.37. The number of nitrogens with zero attached hydrogens (tertiary/aromatic N) is 3. The molecule has 0 unspecified atom stereocenters. The summed E-state index contributed by atoms with van der Waals surface area (Å²) < 4.78 is 2.74. The molecule has 8 heteroatoms. The van der Waals surface area contributed by atoms with Crippen LogP contribution in [0.5, 0.6) is 0 Å². The number of nitrogens with one attached hydrogen (secondary N) is 1. The van der Waals surface area contributed by atoms with E-state index in [0.717, 1.165) is 15.8 Å². The van der Waals surface area contributed by atoms with Crippen LogP contribution in [0.1, 0.15) is 21.6 Å². The van der Waals surface area contributed by atoms with E-state index in [1.54, 1.807) is 10.6 Å². The maximum Gasteiger partial charge on any atom is 0.277 e. The Morgan fingerprint density at radius 1 is 1.30 bits per heavy atom. The third-order valence-corrected chi connectivity index (χ3v) is 5.42. The number of hydrogen-bond donors (Lipinski definition) is 1. The van der Waals surface area contributed by atoms with Gasteiger partial charge in [0.2, 0.25) is 0 Å². The third kappa shape index (κ3) is 2.41. The van der Waals surface area contributed by atoms with Gasteiger partial charge >= 0.3 is 0 Å². The second-order valence-electron chi connectivity index (χ2n) is 5.21. The topological polar surface area (TPSA) is 59.3 Å². The zero-order chi connectivity index (χ0) is 16.1. The second-order valence-corrected chi connectivity index (χ2v) is 7.47. The molecule has 0 aliphatic rings. The summed E-state index contributed by atoms with van der Waals surface area (Å²) in [4.78, 5) is 21.9. The quantitative estimate of drug-likeness (QED) is 0.570. The average molecular weight is 363 g/mol. The monoisotopic (exact) mass is 362 g/mol. The molecule has 0 fully saturated rings. The lowest BCUT2D eigenvalue weighted by atomic mass is 10.1. The van der Waals surface area contributed by atoms with Gasteiger partial charge in [-0.2, -0.15) is 0 Å². The van der Waals surface area contributed by atoms with Crippen LogP contribution in [0.15, 0.2) is 23.7 Å². The number of halogens is 1. The van der Waals surface area contributed by atoms with E-state index in [-0.39, 0.29) is 11.1 Å². The van der Waals surface area contributed by atoms with Crippen molar-refractivity contribution in [3.63, 3.8) is 0 Å². The van der Waals surface area contributed by atoms with Gasteiger partial charge in [0.15, 0.2) is 20.9 Å². The number of benzene rings is 1.